The van der Waals surface area contributed by atoms with Gasteiger partial charge in [-0.2, -0.15) is 0 Å². The van der Waals surface area contributed by atoms with Gasteiger partial charge in [0.25, 0.3) is 0 Å². The van der Waals surface area contributed by atoms with E-state index < -0.39 is 0 Å². The summed E-state index contributed by atoms with van der Waals surface area (Å²) in [6.07, 6.45) is 1.46. The molecule has 0 bridgehead atoms. The fourth-order valence-corrected chi connectivity index (χ4v) is 3.40. The summed E-state index contributed by atoms with van der Waals surface area (Å²) in [6.45, 7) is 1.43. The first-order chi connectivity index (χ1) is 12.6. The Hall–Kier alpha value is -2.47. The molecule has 1 heterocycles. The number of carbonyl (C=O) groups is 1. The van der Waals surface area contributed by atoms with Crippen LogP contribution in [0.15, 0.2) is 48.5 Å². The van der Waals surface area contributed by atoms with Crippen LogP contribution in [-0.4, -0.2) is 36.0 Å². The average molecular weight is 372 g/mol. The molecule has 1 aliphatic rings. The molecule has 0 saturated carbocycles. The van der Waals surface area contributed by atoms with Crippen LogP contribution in [0.4, 0.5) is 10.1 Å². The lowest BCUT2D eigenvalue weighted by atomic mass is 9.89. The number of likely N-dealkylation sites (tertiary alicyclic amines) is 1. The Bertz CT molecular complexity index is 787. The van der Waals surface area contributed by atoms with Crippen LogP contribution in [-0.2, 0) is 0 Å². The van der Waals surface area contributed by atoms with Gasteiger partial charge in [0, 0.05) is 36.3 Å². The number of Topliss-reactive ketones (excluding diaryl/α,β-unsaturated/α-hetero) is 1. The number of nitrogens with zero attached hydrogens (tertiary/aromatic N) is 1. The van der Waals surface area contributed by atoms with Crippen LogP contribution in [0.2, 0.25) is 0 Å². The van der Waals surface area contributed by atoms with Crippen molar-refractivity contribution < 1.29 is 13.9 Å². The van der Waals surface area contributed by atoms with Gasteiger partial charge in [-0.05, 0) is 61.5 Å². The molecular weight excluding hydrogens is 351 g/mol. The summed E-state index contributed by atoms with van der Waals surface area (Å²) in [5.41, 5.74) is 1.45. The van der Waals surface area contributed by atoms with E-state index in [0.717, 1.165) is 24.3 Å². The second-order valence-corrected chi connectivity index (χ2v) is 6.68. The maximum atomic E-state index is 13.0. The van der Waals surface area contributed by atoms with Crippen LogP contribution in [0.1, 0.15) is 23.2 Å². The smallest absolute Gasteiger partial charge is 0.173 e. The molecule has 6 heteroatoms. The van der Waals surface area contributed by atoms with Gasteiger partial charge in [-0.3, -0.25) is 4.79 Å². The van der Waals surface area contributed by atoms with E-state index in [4.69, 9.17) is 17.0 Å². The van der Waals surface area contributed by atoms with Gasteiger partial charge >= 0.3 is 0 Å². The van der Waals surface area contributed by atoms with E-state index in [1.165, 1.54) is 12.1 Å². The number of ether oxygens (including phenoxy) is 1. The summed E-state index contributed by atoms with van der Waals surface area (Å²) in [4.78, 5) is 14.6. The van der Waals surface area contributed by atoms with Gasteiger partial charge in [0.1, 0.15) is 11.6 Å². The Morgan fingerprint density at radius 3 is 2.54 bits per heavy atom. The van der Waals surface area contributed by atoms with Crippen molar-refractivity contribution in [3.8, 4) is 5.75 Å². The van der Waals surface area contributed by atoms with E-state index in [0.29, 0.717) is 23.8 Å². The molecular formula is C20H21FN2O2S. The predicted octanol–water partition coefficient (Wildman–Crippen LogP) is 4.13. The first-order valence-corrected chi connectivity index (χ1v) is 8.97. The molecule has 0 spiro atoms. The van der Waals surface area contributed by atoms with Gasteiger partial charge in [0.05, 0.1) is 7.11 Å². The van der Waals surface area contributed by atoms with E-state index in [1.54, 1.807) is 19.2 Å². The highest BCUT2D eigenvalue weighted by Crippen LogP contribution is 2.23. The lowest BCUT2D eigenvalue weighted by Gasteiger charge is -2.33. The second kappa shape index (κ2) is 8.27. The number of halogens is 1. The highest BCUT2D eigenvalue weighted by atomic mass is 32.1. The Morgan fingerprint density at radius 2 is 1.88 bits per heavy atom. The molecule has 3 rings (SSSR count). The number of anilines is 1. The van der Waals surface area contributed by atoms with E-state index in [9.17, 15) is 9.18 Å². The van der Waals surface area contributed by atoms with Crippen LogP contribution >= 0.6 is 12.2 Å². The first kappa shape index (κ1) is 18.3. The largest absolute Gasteiger partial charge is 0.497 e. The standard InChI is InChI=1S/C20H21FN2O2S/c1-25-18-4-2-3-17(13-18)22-20(26)23-11-9-15(10-12-23)19(24)14-5-7-16(21)8-6-14/h2-8,13,15H,9-12H2,1H3,(H,22,26). The number of rotatable bonds is 4. The topological polar surface area (TPSA) is 41.6 Å². The predicted molar refractivity (Wildman–Crippen MR) is 104 cm³/mol. The zero-order valence-electron chi connectivity index (χ0n) is 14.6. The molecule has 1 saturated heterocycles. The number of methoxy groups -OCH3 is 1. The zero-order chi connectivity index (χ0) is 18.5. The summed E-state index contributed by atoms with van der Waals surface area (Å²) in [7, 11) is 1.63. The van der Waals surface area contributed by atoms with Crippen LogP contribution in [0.25, 0.3) is 0 Å². The number of carbonyl (C=O) groups excluding carboxylic acids is 1. The highest BCUT2D eigenvalue weighted by molar-refractivity contribution is 7.80. The monoisotopic (exact) mass is 372 g/mol. The van der Waals surface area contributed by atoms with Crippen molar-refractivity contribution >= 4 is 28.8 Å². The Morgan fingerprint density at radius 1 is 1.19 bits per heavy atom. The SMILES string of the molecule is COc1cccc(NC(=S)N2CCC(C(=O)c3ccc(F)cc3)CC2)c1. The van der Waals surface area contributed by atoms with Crippen molar-refractivity contribution in [2.75, 3.05) is 25.5 Å². The Balaban J connectivity index is 1.55. The number of thiocarbonyl (C=S) groups is 1. The number of piperidine rings is 1. The van der Waals surface area contributed by atoms with E-state index in [-0.39, 0.29) is 17.5 Å². The Labute approximate surface area is 158 Å². The zero-order valence-corrected chi connectivity index (χ0v) is 15.4. The minimum absolute atomic E-state index is 0.0451. The summed E-state index contributed by atoms with van der Waals surface area (Å²) >= 11 is 5.50. The first-order valence-electron chi connectivity index (χ1n) is 8.56. The van der Waals surface area contributed by atoms with Crippen LogP contribution < -0.4 is 10.1 Å². The summed E-state index contributed by atoms with van der Waals surface area (Å²) in [5, 5.41) is 3.86. The quantitative estimate of drug-likeness (QED) is 0.646. The van der Waals surface area contributed by atoms with Gasteiger partial charge in [-0.25, -0.2) is 4.39 Å². The van der Waals surface area contributed by atoms with Gasteiger partial charge in [0.15, 0.2) is 10.9 Å². The molecule has 2 aromatic carbocycles. The second-order valence-electron chi connectivity index (χ2n) is 6.29. The number of hydrogen-bond donors (Lipinski definition) is 1. The molecule has 0 aliphatic carbocycles. The maximum absolute atomic E-state index is 13.0. The third-order valence-corrected chi connectivity index (χ3v) is 4.96. The van der Waals surface area contributed by atoms with Crippen LogP contribution in [0, 0.1) is 11.7 Å². The molecule has 0 amide bonds. The number of hydrogen-bond acceptors (Lipinski definition) is 3. The molecule has 0 radical (unpaired) electrons. The van der Waals surface area contributed by atoms with E-state index >= 15 is 0 Å². The molecule has 2 aromatic rings. The molecule has 0 atom stereocenters. The minimum atomic E-state index is -0.328. The fourth-order valence-electron chi connectivity index (χ4n) is 3.10. The normalized spacial score (nSPS) is 14.8. The van der Waals surface area contributed by atoms with Gasteiger partial charge < -0.3 is 15.0 Å². The molecule has 26 heavy (non-hydrogen) atoms. The van der Waals surface area contributed by atoms with E-state index in [1.807, 2.05) is 24.3 Å². The third-order valence-electron chi connectivity index (χ3n) is 4.60. The van der Waals surface area contributed by atoms with Crippen LogP contribution in [0.5, 0.6) is 5.75 Å². The highest BCUT2D eigenvalue weighted by Gasteiger charge is 2.26. The summed E-state index contributed by atoms with van der Waals surface area (Å²) in [6, 6.07) is 13.4. The van der Waals surface area contributed by atoms with Gasteiger partial charge in [0.2, 0.25) is 0 Å². The Kier molecular flexibility index (Phi) is 5.83. The van der Waals surface area contributed by atoms with Gasteiger partial charge in [-0.15, -0.1) is 0 Å². The lowest BCUT2D eigenvalue weighted by molar-refractivity contribution is 0.0873. The van der Waals surface area contributed by atoms with Crippen LogP contribution in [0.3, 0.4) is 0 Å². The lowest BCUT2D eigenvalue weighted by Crippen LogP contribution is -2.42. The maximum Gasteiger partial charge on any atom is 0.173 e. The minimum Gasteiger partial charge on any atom is -0.497 e. The average Bonchev–Trinajstić information content (AvgIpc) is 2.68. The summed E-state index contributed by atoms with van der Waals surface area (Å²) in [5.74, 6) is 0.472. The van der Waals surface area contributed by atoms with Crippen molar-refractivity contribution in [1.82, 2.24) is 4.90 Å². The third kappa shape index (κ3) is 4.38. The van der Waals surface area contributed by atoms with Crippen molar-refractivity contribution in [2.45, 2.75) is 12.8 Å². The molecule has 1 aliphatic heterocycles. The number of ketones is 1. The molecule has 0 aromatic heterocycles. The molecule has 136 valence electrons. The molecule has 1 N–H and O–H groups in total. The fraction of sp³-hybridized carbons (Fsp3) is 0.300. The van der Waals surface area contributed by atoms with Gasteiger partial charge in [-0.1, -0.05) is 6.07 Å². The number of benzene rings is 2. The van der Waals surface area contributed by atoms with Crippen molar-refractivity contribution in [3.63, 3.8) is 0 Å². The molecule has 0 unspecified atom stereocenters. The van der Waals surface area contributed by atoms with E-state index in [2.05, 4.69) is 10.2 Å². The van der Waals surface area contributed by atoms with Crippen molar-refractivity contribution in [1.29, 1.82) is 0 Å². The van der Waals surface area contributed by atoms with Crippen molar-refractivity contribution in [2.24, 2.45) is 5.92 Å². The molecule has 4 nitrogen and oxygen atoms in total. The number of nitrogens with one attached hydrogen (secondary N) is 1. The summed E-state index contributed by atoms with van der Waals surface area (Å²) < 4.78 is 18.2. The van der Waals surface area contributed by atoms with Crippen molar-refractivity contribution in [3.05, 3.63) is 59.9 Å². The molecule has 1 fully saturated rings.